The van der Waals surface area contributed by atoms with E-state index in [1.807, 2.05) is 18.2 Å². The summed E-state index contributed by atoms with van der Waals surface area (Å²) in [5.74, 6) is 1.60. The van der Waals surface area contributed by atoms with E-state index in [1.54, 1.807) is 43.0 Å². The lowest BCUT2D eigenvalue weighted by molar-refractivity contribution is 0.0956. The largest absolute Gasteiger partial charge is 0.450 e. The summed E-state index contributed by atoms with van der Waals surface area (Å²) in [4.78, 5) is 23.6. The lowest BCUT2D eigenvalue weighted by atomic mass is 10.2. The van der Waals surface area contributed by atoms with Gasteiger partial charge in [-0.2, -0.15) is 11.8 Å². The van der Waals surface area contributed by atoms with Gasteiger partial charge in [0.05, 0.1) is 6.61 Å². The van der Waals surface area contributed by atoms with Gasteiger partial charge in [0.25, 0.3) is 5.91 Å². The van der Waals surface area contributed by atoms with E-state index in [2.05, 4.69) is 22.8 Å². The van der Waals surface area contributed by atoms with Crippen molar-refractivity contribution in [2.24, 2.45) is 0 Å². The Hall–Kier alpha value is -2.47. The van der Waals surface area contributed by atoms with Crippen LogP contribution < -0.4 is 10.6 Å². The Bertz CT molecular complexity index is 692. The van der Waals surface area contributed by atoms with Crippen molar-refractivity contribution in [1.29, 1.82) is 0 Å². The highest BCUT2D eigenvalue weighted by Crippen LogP contribution is 2.12. The first-order chi connectivity index (χ1) is 12.2. The number of hydrogen-bond donors (Lipinski definition) is 2. The van der Waals surface area contributed by atoms with Gasteiger partial charge < -0.3 is 10.1 Å². The van der Waals surface area contributed by atoms with Crippen LogP contribution in [-0.4, -0.2) is 30.9 Å². The standard InChI is InChI=1S/C19H22N2O3S/c1-2-24-19(23)21-17-10-6-9-16(13-17)18(22)20-11-12-25-14-15-7-4-3-5-8-15/h3-10,13H,2,11-12,14H2,1H3,(H,20,22)(H,21,23). The van der Waals surface area contributed by atoms with Crippen molar-refractivity contribution in [3.05, 3.63) is 65.7 Å². The number of ether oxygens (including phenoxy) is 1. The molecule has 25 heavy (non-hydrogen) atoms. The highest BCUT2D eigenvalue weighted by Gasteiger charge is 2.07. The zero-order valence-corrected chi connectivity index (χ0v) is 15.0. The molecule has 0 spiro atoms. The number of nitrogens with one attached hydrogen (secondary N) is 2. The Morgan fingerprint density at radius 3 is 2.64 bits per heavy atom. The van der Waals surface area contributed by atoms with Gasteiger partial charge >= 0.3 is 6.09 Å². The molecule has 0 fully saturated rings. The van der Waals surface area contributed by atoms with Gasteiger partial charge in [0.1, 0.15) is 0 Å². The molecule has 0 radical (unpaired) electrons. The van der Waals surface area contributed by atoms with Crippen LogP contribution in [0.5, 0.6) is 0 Å². The molecule has 0 unspecified atom stereocenters. The Kier molecular flexibility index (Phi) is 7.85. The number of hydrogen-bond acceptors (Lipinski definition) is 4. The second-order valence-corrected chi connectivity index (χ2v) is 6.33. The molecule has 0 saturated carbocycles. The third-order valence-corrected chi connectivity index (χ3v) is 4.32. The highest BCUT2D eigenvalue weighted by molar-refractivity contribution is 7.98. The maximum absolute atomic E-state index is 12.2. The highest BCUT2D eigenvalue weighted by atomic mass is 32.2. The van der Waals surface area contributed by atoms with Crippen LogP contribution in [0.15, 0.2) is 54.6 Å². The first-order valence-electron chi connectivity index (χ1n) is 8.12. The minimum absolute atomic E-state index is 0.159. The molecule has 2 aromatic rings. The van der Waals surface area contributed by atoms with E-state index < -0.39 is 6.09 Å². The second kappa shape index (κ2) is 10.4. The molecular weight excluding hydrogens is 336 g/mol. The number of anilines is 1. The van der Waals surface area contributed by atoms with Crippen LogP contribution >= 0.6 is 11.8 Å². The molecule has 0 aliphatic carbocycles. The number of carbonyl (C=O) groups is 2. The molecular formula is C19H22N2O3S. The van der Waals surface area contributed by atoms with Crippen LogP contribution in [-0.2, 0) is 10.5 Å². The summed E-state index contributed by atoms with van der Waals surface area (Å²) < 4.78 is 4.82. The van der Waals surface area contributed by atoms with E-state index >= 15 is 0 Å². The second-order valence-electron chi connectivity index (χ2n) is 5.22. The monoisotopic (exact) mass is 358 g/mol. The molecule has 2 amide bonds. The van der Waals surface area contributed by atoms with Gasteiger partial charge in [-0.3, -0.25) is 10.1 Å². The minimum atomic E-state index is -0.530. The van der Waals surface area contributed by atoms with Crippen LogP contribution in [0.25, 0.3) is 0 Å². The quantitative estimate of drug-likeness (QED) is 0.702. The van der Waals surface area contributed by atoms with Crippen molar-refractivity contribution >= 4 is 29.4 Å². The topological polar surface area (TPSA) is 67.4 Å². The Morgan fingerprint density at radius 2 is 1.88 bits per heavy atom. The molecule has 0 aliphatic heterocycles. The van der Waals surface area contributed by atoms with Crippen molar-refractivity contribution < 1.29 is 14.3 Å². The summed E-state index contributed by atoms with van der Waals surface area (Å²) in [6, 6.07) is 17.0. The van der Waals surface area contributed by atoms with E-state index in [1.165, 1.54) is 5.56 Å². The smallest absolute Gasteiger partial charge is 0.411 e. The first kappa shape index (κ1) is 18.9. The minimum Gasteiger partial charge on any atom is -0.450 e. The van der Waals surface area contributed by atoms with Gasteiger partial charge in [-0.15, -0.1) is 0 Å². The SMILES string of the molecule is CCOC(=O)Nc1cccc(C(=O)NCCSCc2ccccc2)c1. The number of thioether (sulfide) groups is 1. The van der Waals surface area contributed by atoms with Gasteiger partial charge in [0.15, 0.2) is 0 Å². The zero-order chi connectivity index (χ0) is 17.9. The van der Waals surface area contributed by atoms with Gasteiger partial charge in [-0.05, 0) is 30.7 Å². The van der Waals surface area contributed by atoms with Crippen molar-refractivity contribution in [2.45, 2.75) is 12.7 Å². The third kappa shape index (κ3) is 6.89. The number of amides is 2. The number of benzene rings is 2. The molecule has 0 atom stereocenters. The van der Waals surface area contributed by atoms with Crippen molar-refractivity contribution in [2.75, 3.05) is 24.2 Å². The Morgan fingerprint density at radius 1 is 1.08 bits per heavy atom. The molecule has 132 valence electrons. The molecule has 2 N–H and O–H groups in total. The molecule has 5 nitrogen and oxygen atoms in total. The summed E-state index contributed by atoms with van der Waals surface area (Å²) in [5, 5.41) is 5.47. The average Bonchev–Trinajstić information content (AvgIpc) is 2.62. The molecule has 2 aromatic carbocycles. The fraction of sp³-hybridized carbons (Fsp3) is 0.263. The molecule has 0 saturated heterocycles. The molecule has 0 aliphatic rings. The first-order valence-corrected chi connectivity index (χ1v) is 9.28. The van der Waals surface area contributed by atoms with Gasteiger partial charge in [0, 0.05) is 29.3 Å². The van der Waals surface area contributed by atoms with E-state index in [0.29, 0.717) is 24.4 Å². The van der Waals surface area contributed by atoms with Crippen LogP contribution in [0.1, 0.15) is 22.8 Å². The predicted octanol–water partition coefficient (Wildman–Crippen LogP) is 3.92. The normalized spacial score (nSPS) is 10.1. The maximum Gasteiger partial charge on any atom is 0.411 e. The summed E-state index contributed by atoms with van der Waals surface area (Å²) in [6.45, 7) is 2.62. The molecule has 2 rings (SSSR count). The van der Waals surface area contributed by atoms with Gasteiger partial charge in [-0.25, -0.2) is 4.79 Å². The van der Waals surface area contributed by atoms with Crippen molar-refractivity contribution in [3.63, 3.8) is 0 Å². The number of carbonyl (C=O) groups excluding carboxylic acids is 2. The van der Waals surface area contributed by atoms with E-state index in [0.717, 1.165) is 11.5 Å². The summed E-state index contributed by atoms with van der Waals surface area (Å²) in [7, 11) is 0. The van der Waals surface area contributed by atoms with Crippen molar-refractivity contribution in [3.8, 4) is 0 Å². The molecule has 0 aromatic heterocycles. The van der Waals surface area contributed by atoms with Crippen LogP contribution in [0.4, 0.5) is 10.5 Å². The Labute approximate surface area is 152 Å². The van der Waals surface area contributed by atoms with Crippen LogP contribution in [0.2, 0.25) is 0 Å². The van der Waals surface area contributed by atoms with Crippen LogP contribution in [0.3, 0.4) is 0 Å². The summed E-state index contributed by atoms with van der Waals surface area (Å²) in [5.41, 5.74) is 2.31. The van der Waals surface area contributed by atoms with Gasteiger partial charge in [0.2, 0.25) is 0 Å². The van der Waals surface area contributed by atoms with Crippen molar-refractivity contribution in [1.82, 2.24) is 5.32 Å². The van der Waals surface area contributed by atoms with Gasteiger partial charge in [-0.1, -0.05) is 36.4 Å². The lowest BCUT2D eigenvalue weighted by Crippen LogP contribution is -2.26. The molecule has 0 bridgehead atoms. The Balaban J connectivity index is 1.74. The van der Waals surface area contributed by atoms with E-state index in [4.69, 9.17) is 4.74 Å². The van der Waals surface area contributed by atoms with E-state index in [-0.39, 0.29) is 5.91 Å². The fourth-order valence-electron chi connectivity index (χ4n) is 2.13. The average molecular weight is 358 g/mol. The molecule has 0 heterocycles. The maximum atomic E-state index is 12.2. The third-order valence-electron chi connectivity index (χ3n) is 3.29. The van der Waals surface area contributed by atoms with Crippen LogP contribution in [0, 0.1) is 0 Å². The predicted molar refractivity (Wildman–Crippen MR) is 102 cm³/mol. The van der Waals surface area contributed by atoms with E-state index in [9.17, 15) is 9.59 Å². The number of rotatable bonds is 8. The fourth-order valence-corrected chi connectivity index (χ4v) is 2.95. The summed E-state index contributed by atoms with van der Waals surface area (Å²) in [6.07, 6.45) is -0.530. The summed E-state index contributed by atoms with van der Waals surface area (Å²) >= 11 is 1.77. The lowest BCUT2D eigenvalue weighted by Gasteiger charge is -2.08. The zero-order valence-electron chi connectivity index (χ0n) is 14.2. The molecule has 6 heteroatoms.